The second-order valence-electron chi connectivity index (χ2n) is 9.35. The molecule has 3 heterocycles. The van der Waals surface area contributed by atoms with Gasteiger partial charge in [-0.2, -0.15) is 5.10 Å². The molecule has 1 aliphatic rings. The lowest BCUT2D eigenvalue weighted by atomic mass is 9.92. The van der Waals surface area contributed by atoms with E-state index >= 15 is 0 Å². The van der Waals surface area contributed by atoms with E-state index < -0.39 is 5.91 Å². The zero-order chi connectivity index (χ0) is 23.8. The number of benzene rings is 1. The maximum absolute atomic E-state index is 13.5. The van der Waals surface area contributed by atoms with E-state index in [0.29, 0.717) is 28.7 Å². The van der Waals surface area contributed by atoms with Gasteiger partial charge in [-0.05, 0) is 37.5 Å². The average Bonchev–Trinajstić information content (AvgIpc) is 3.42. The molecule has 1 saturated heterocycles. The van der Waals surface area contributed by atoms with Crippen molar-refractivity contribution in [3.8, 4) is 0 Å². The number of nitrogens with one attached hydrogen (secondary N) is 1. The van der Waals surface area contributed by atoms with Crippen LogP contribution in [0.3, 0.4) is 0 Å². The fourth-order valence-electron chi connectivity index (χ4n) is 3.95. The number of hydrogen-bond donors (Lipinski definition) is 1. The highest BCUT2D eigenvalue weighted by molar-refractivity contribution is 6.33. The van der Waals surface area contributed by atoms with E-state index in [1.807, 2.05) is 6.07 Å². The molecule has 4 rings (SSSR count). The fraction of sp³-hybridized carbons (Fsp3) is 0.417. The van der Waals surface area contributed by atoms with Gasteiger partial charge < -0.3 is 14.7 Å². The molecule has 33 heavy (non-hydrogen) atoms. The summed E-state index contributed by atoms with van der Waals surface area (Å²) < 4.78 is 7.18. The van der Waals surface area contributed by atoms with Crippen molar-refractivity contribution in [2.45, 2.75) is 51.5 Å². The lowest BCUT2D eigenvalue weighted by Crippen LogP contribution is -2.39. The predicted molar refractivity (Wildman–Crippen MR) is 125 cm³/mol. The normalized spacial score (nSPS) is 16.6. The molecule has 0 bridgehead atoms. The maximum atomic E-state index is 13.5. The van der Waals surface area contributed by atoms with E-state index in [-0.39, 0.29) is 23.1 Å². The molecule has 1 fully saturated rings. The first-order valence-electron chi connectivity index (χ1n) is 11.0. The molecular weight excluding hydrogens is 442 g/mol. The van der Waals surface area contributed by atoms with Gasteiger partial charge >= 0.3 is 0 Å². The van der Waals surface area contributed by atoms with Gasteiger partial charge in [0.2, 0.25) is 0 Å². The van der Waals surface area contributed by atoms with Crippen molar-refractivity contribution in [3.63, 3.8) is 0 Å². The smallest absolute Gasteiger partial charge is 0.277 e. The number of para-hydroxylation sites is 1. The highest BCUT2D eigenvalue weighted by Gasteiger charge is 2.34. The molecule has 1 N–H and O–H groups in total. The van der Waals surface area contributed by atoms with Crippen LogP contribution in [0.5, 0.6) is 0 Å². The van der Waals surface area contributed by atoms with Crippen LogP contribution in [0.15, 0.2) is 40.9 Å². The van der Waals surface area contributed by atoms with Gasteiger partial charge in [0.05, 0.1) is 22.4 Å². The van der Waals surface area contributed by atoms with Crippen LogP contribution in [0, 0.1) is 0 Å². The number of hydrogen-bond acceptors (Lipinski definition) is 5. The number of aryl methyl sites for hydroxylation is 1. The molecule has 1 aliphatic heterocycles. The zero-order valence-corrected chi connectivity index (χ0v) is 20.0. The van der Waals surface area contributed by atoms with Crippen LogP contribution >= 0.6 is 11.6 Å². The number of amides is 2. The van der Waals surface area contributed by atoms with Crippen LogP contribution in [-0.2, 0) is 12.5 Å². The fourth-order valence-corrected chi connectivity index (χ4v) is 4.14. The quantitative estimate of drug-likeness (QED) is 0.581. The van der Waals surface area contributed by atoms with Gasteiger partial charge in [0.15, 0.2) is 11.5 Å². The second kappa shape index (κ2) is 9.02. The second-order valence-corrected chi connectivity index (χ2v) is 9.75. The molecule has 8 nitrogen and oxygen atoms in total. The summed E-state index contributed by atoms with van der Waals surface area (Å²) in [5.41, 5.74) is 1.86. The third-order valence-electron chi connectivity index (χ3n) is 5.84. The van der Waals surface area contributed by atoms with E-state index in [9.17, 15) is 9.59 Å². The predicted octanol–water partition coefficient (Wildman–Crippen LogP) is 4.98. The molecular formula is C24H28ClN5O3. The van der Waals surface area contributed by atoms with Gasteiger partial charge in [-0.3, -0.25) is 14.3 Å². The first kappa shape index (κ1) is 23.0. The topological polar surface area (TPSA) is 93.3 Å². The molecule has 0 aliphatic carbocycles. The van der Waals surface area contributed by atoms with Crippen LogP contribution in [0.1, 0.15) is 78.5 Å². The summed E-state index contributed by atoms with van der Waals surface area (Å²) in [4.78, 5) is 27.9. The Hall–Kier alpha value is -3.13. The molecule has 1 aromatic carbocycles. The highest BCUT2D eigenvalue weighted by atomic mass is 35.5. The minimum atomic E-state index is -0.423. The standard InChI is InChI=1S/C24H28ClN5O3/c1-24(2,3)21-14-19(29(4)27-21)23(32)30-12-8-7-11-18(30)20-13-17(28-33-20)22(31)26-16-10-6-5-9-15(16)25/h5-6,9-10,13-14,18H,7-8,11-12H2,1-4H3,(H,26,31). The van der Waals surface area contributed by atoms with Gasteiger partial charge in [0, 0.05) is 25.1 Å². The van der Waals surface area contributed by atoms with Crippen molar-refractivity contribution in [3.05, 3.63) is 64.3 Å². The van der Waals surface area contributed by atoms with Crippen LogP contribution in [-0.4, -0.2) is 38.2 Å². The Bertz CT molecular complexity index is 1180. The first-order valence-corrected chi connectivity index (χ1v) is 11.4. The van der Waals surface area contributed by atoms with Gasteiger partial charge in [0.1, 0.15) is 5.69 Å². The Balaban J connectivity index is 1.55. The van der Waals surface area contributed by atoms with E-state index in [0.717, 1.165) is 25.0 Å². The molecule has 1 unspecified atom stereocenters. The number of halogens is 1. The SMILES string of the molecule is Cn1nc(C(C)(C)C)cc1C(=O)N1CCCCC1c1cc(C(=O)Nc2ccccc2Cl)no1. The van der Waals surface area contributed by atoms with Gasteiger partial charge in [-0.15, -0.1) is 0 Å². The van der Waals surface area contributed by atoms with Crippen LogP contribution < -0.4 is 5.32 Å². The van der Waals surface area contributed by atoms with Crippen molar-refractivity contribution < 1.29 is 14.1 Å². The molecule has 0 saturated carbocycles. The Labute approximate surface area is 197 Å². The molecule has 2 aromatic heterocycles. The van der Waals surface area contributed by atoms with Crippen LogP contribution in [0.25, 0.3) is 0 Å². The van der Waals surface area contributed by atoms with Gasteiger partial charge in [-0.25, -0.2) is 0 Å². The van der Waals surface area contributed by atoms with Crippen molar-refractivity contribution in [1.29, 1.82) is 0 Å². The molecule has 3 aromatic rings. The van der Waals surface area contributed by atoms with Crippen LogP contribution in [0.4, 0.5) is 5.69 Å². The minimum Gasteiger partial charge on any atom is -0.358 e. The highest BCUT2D eigenvalue weighted by Crippen LogP contribution is 2.33. The van der Waals surface area contributed by atoms with Gasteiger partial charge in [-0.1, -0.05) is 49.7 Å². The van der Waals surface area contributed by atoms with Crippen molar-refractivity contribution >= 4 is 29.1 Å². The third-order valence-corrected chi connectivity index (χ3v) is 6.17. The van der Waals surface area contributed by atoms with E-state index in [4.69, 9.17) is 16.1 Å². The number of piperidine rings is 1. The van der Waals surface area contributed by atoms with Crippen molar-refractivity contribution in [1.82, 2.24) is 19.8 Å². The van der Waals surface area contributed by atoms with Crippen LogP contribution in [0.2, 0.25) is 5.02 Å². The summed E-state index contributed by atoms with van der Waals surface area (Å²) in [6.45, 7) is 6.80. The molecule has 2 amide bonds. The summed E-state index contributed by atoms with van der Waals surface area (Å²) in [5.74, 6) is -0.0394. The molecule has 174 valence electrons. The molecule has 1 atom stereocenters. The Morgan fingerprint density at radius 2 is 1.94 bits per heavy atom. The van der Waals surface area contributed by atoms with E-state index in [2.05, 4.69) is 36.3 Å². The van der Waals surface area contributed by atoms with Gasteiger partial charge in [0.25, 0.3) is 11.8 Å². The van der Waals surface area contributed by atoms with Crippen molar-refractivity contribution in [2.75, 3.05) is 11.9 Å². The maximum Gasteiger partial charge on any atom is 0.277 e. The zero-order valence-electron chi connectivity index (χ0n) is 19.3. The number of aromatic nitrogens is 3. The summed E-state index contributed by atoms with van der Waals surface area (Å²) >= 11 is 6.13. The molecule has 9 heteroatoms. The van der Waals surface area contributed by atoms with E-state index in [1.54, 1.807) is 47.0 Å². The monoisotopic (exact) mass is 469 g/mol. The van der Waals surface area contributed by atoms with E-state index in [1.165, 1.54) is 0 Å². The summed E-state index contributed by atoms with van der Waals surface area (Å²) in [5, 5.41) is 11.7. The lowest BCUT2D eigenvalue weighted by molar-refractivity contribution is 0.0558. The Morgan fingerprint density at radius 3 is 2.64 bits per heavy atom. The number of carbonyl (C=O) groups is 2. The number of rotatable bonds is 4. The average molecular weight is 470 g/mol. The molecule has 0 radical (unpaired) electrons. The van der Waals surface area contributed by atoms with Crippen molar-refractivity contribution in [2.24, 2.45) is 7.05 Å². The number of carbonyl (C=O) groups excluding carboxylic acids is 2. The number of anilines is 1. The number of nitrogens with zero attached hydrogens (tertiary/aromatic N) is 4. The first-order chi connectivity index (χ1) is 15.6. The largest absolute Gasteiger partial charge is 0.358 e. The number of likely N-dealkylation sites (tertiary alicyclic amines) is 1. The minimum absolute atomic E-state index is 0.108. The summed E-state index contributed by atoms with van der Waals surface area (Å²) in [6.07, 6.45) is 2.59. The Kier molecular flexibility index (Phi) is 6.30. The molecule has 0 spiro atoms. The summed E-state index contributed by atoms with van der Waals surface area (Å²) in [7, 11) is 1.78. The summed E-state index contributed by atoms with van der Waals surface area (Å²) in [6, 6.07) is 10.1. The third kappa shape index (κ3) is 4.80. The lowest BCUT2D eigenvalue weighted by Gasteiger charge is -2.34. The Morgan fingerprint density at radius 1 is 1.18 bits per heavy atom.